The highest BCUT2D eigenvalue weighted by Crippen LogP contribution is 2.39. The van der Waals surface area contributed by atoms with Crippen molar-refractivity contribution in [3.05, 3.63) is 77.6 Å². The summed E-state index contributed by atoms with van der Waals surface area (Å²) in [6.07, 6.45) is 2.06. The van der Waals surface area contributed by atoms with Gasteiger partial charge in [-0.25, -0.2) is 0 Å². The smallest absolute Gasteiger partial charge is 0.254 e. The largest absolute Gasteiger partial charge is 0.496 e. The van der Waals surface area contributed by atoms with E-state index >= 15 is 0 Å². The van der Waals surface area contributed by atoms with E-state index in [4.69, 9.17) is 14.2 Å². The number of carbonyl (C=O) groups excluding carboxylic acids is 1. The second-order valence-corrected chi connectivity index (χ2v) is 6.84. The summed E-state index contributed by atoms with van der Waals surface area (Å²) in [5, 5.41) is 0. The van der Waals surface area contributed by atoms with Crippen LogP contribution in [0, 0.1) is 0 Å². The van der Waals surface area contributed by atoms with Gasteiger partial charge in [0.25, 0.3) is 5.91 Å². The van der Waals surface area contributed by atoms with E-state index in [0.29, 0.717) is 23.6 Å². The molecule has 0 fully saturated rings. The molecule has 1 aromatic heterocycles. The van der Waals surface area contributed by atoms with Gasteiger partial charge in [-0.15, -0.1) is 0 Å². The van der Waals surface area contributed by atoms with Gasteiger partial charge in [0, 0.05) is 36.1 Å². The molecule has 0 radical (unpaired) electrons. The number of rotatable bonds is 3. The van der Waals surface area contributed by atoms with Crippen molar-refractivity contribution in [2.24, 2.45) is 0 Å². The maximum absolute atomic E-state index is 13.5. The van der Waals surface area contributed by atoms with Crippen LogP contribution in [0.15, 0.2) is 60.8 Å². The molecular formula is C22H20N2O4. The Kier molecular flexibility index (Phi) is 3.97. The summed E-state index contributed by atoms with van der Waals surface area (Å²) in [5.41, 5.74) is 2.63. The van der Waals surface area contributed by atoms with Gasteiger partial charge in [0.1, 0.15) is 11.8 Å². The quantitative estimate of drug-likeness (QED) is 0.702. The van der Waals surface area contributed by atoms with E-state index in [1.165, 1.54) is 0 Å². The summed E-state index contributed by atoms with van der Waals surface area (Å²) >= 11 is 0. The molecule has 0 saturated heterocycles. The molecule has 2 aliphatic rings. The van der Waals surface area contributed by atoms with Gasteiger partial charge in [-0.05, 0) is 36.4 Å². The van der Waals surface area contributed by atoms with Crippen LogP contribution in [0.4, 0.5) is 0 Å². The molecule has 3 heterocycles. The van der Waals surface area contributed by atoms with Gasteiger partial charge in [0.15, 0.2) is 11.5 Å². The predicted octanol–water partition coefficient (Wildman–Crippen LogP) is 3.47. The van der Waals surface area contributed by atoms with Crippen molar-refractivity contribution in [3.8, 4) is 17.2 Å². The highest BCUT2D eigenvalue weighted by Gasteiger charge is 2.34. The first kappa shape index (κ1) is 16.7. The van der Waals surface area contributed by atoms with Crippen LogP contribution in [-0.4, -0.2) is 35.8 Å². The number of methoxy groups -OCH3 is 1. The molecule has 28 heavy (non-hydrogen) atoms. The summed E-state index contributed by atoms with van der Waals surface area (Å²) in [6.45, 7) is 1.55. The Labute approximate surface area is 162 Å². The Morgan fingerprint density at radius 3 is 2.79 bits per heavy atom. The van der Waals surface area contributed by atoms with Crippen LogP contribution in [0.1, 0.15) is 27.7 Å². The van der Waals surface area contributed by atoms with E-state index in [1.54, 1.807) is 25.3 Å². The molecule has 1 amide bonds. The number of hydrogen-bond donors (Lipinski definition) is 0. The lowest BCUT2D eigenvalue weighted by Crippen LogP contribution is -2.42. The number of ether oxygens (including phenoxy) is 3. The summed E-state index contributed by atoms with van der Waals surface area (Å²) in [4.78, 5) is 15.4. The minimum absolute atomic E-state index is 0.0401. The lowest BCUT2D eigenvalue weighted by atomic mass is 9.97. The van der Waals surface area contributed by atoms with Gasteiger partial charge >= 0.3 is 0 Å². The van der Waals surface area contributed by atoms with Gasteiger partial charge in [-0.1, -0.05) is 18.2 Å². The molecule has 6 nitrogen and oxygen atoms in total. The molecule has 0 N–H and O–H groups in total. The van der Waals surface area contributed by atoms with E-state index in [0.717, 1.165) is 23.6 Å². The molecule has 0 spiro atoms. The fraction of sp³-hybridized carbons (Fsp3) is 0.227. The van der Waals surface area contributed by atoms with Crippen LogP contribution in [0.3, 0.4) is 0 Å². The molecular weight excluding hydrogens is 356 g/mol. The van der Waals surface area contributed by atoms with E-state index in [2.05, 4.69) is 16.8 Å². The number of aromatic nitrogens is 1. The van der Waals surface area contributed by atoms with Crippen molar-refractivity contribution < 1.29 is 19.0 Å². The van der Waals surface area contributed by atoms with Gasteiger partial charge in [-0.3, -0.25) is 4.79 Å². The Bertz CT molecular complexity index is 1040. The maximum Gasteiger partial charge on any atom is 0.254 e. The zero-order chi connectivity index (χ0) is 19.1. The predicted molar refractivity (Wildman–Crippen MR) is 103 cm³/mol. The van der Waals surface area contributed by atoms with Crippen LogP contribution in [0.25, 0.3) is 0 Å². The number of carbonyl (C=O) groups is 1. The lowest BCUT2D eigenvalue weighted by molar-refractivity contribution is 0.0661. The topological polar surface area (TPSA) is 52.9 Å². The Morgan fingerprint density at radius 2 is 1.89 bits per heavy atom. The molecule has 1 atom stereocenters. The number of nitrogens with zero attached hydrogens (tertiary/aromatic N) is 2. The SMILES string of the molecule is COc1ccccc1C1c2cccn2CCN1C(=O)c1ccc2c(c1)OCO2. The van der Waals surface area contributed by atoms with Crippen LogP contribution in [-0.2, 0) is 6.54 Å². The molecule has 6 heteroatoms. The minimum atomic E-state index is -0.224. The first-order valence-electron chi connectivity index (χ1n) is 9.25. The fourth-order valence-electron chi connectivity index (χ4n) is 4.02. The van der Waals surface area contributed by atoms with E-state index < -0.39 is 0 Å². The van der Waals surface area contributed by atoms with Gasteiger partial charge in [0.05, 0.1) is 7.11 Å². The zero-order valence-corrected chi connectivity index (χ0v) is 15.5. The monoisotopic (exact) mass is 376 g/mol. The first-order valence-corrected chi connectivity index (χ1v) is 9.25. The molecule has 142 valence electrons. The van der Waals surface area contributed by atoms with E-state index in [-0.39, 0.29) is 18.7 Å². The average molecular weight is 376 g/mol. The first-order chi connectivity index (χ1) is 13.8. The van der Waals surface area contributed by atoms with Crippen molar-refractivity contribution in [2.75, 3.05) is 20.4 Å². The molecule has 2 aliphatic heterocycles. The van der Waals surface area contributed by atoms with Crippen molar-refractivity contribution in [3.63, 3.8) is 0 Å². The third-order valence-electron chi connectivity index (χ3n) is 5.35. The highest BCUT2D eigenvalue weighted by molar-refractivity contribution is 5.95. The summed E-state index contributed by atoms with van der Waals surface area (Å²) in [6, 6.07) is 17.1. The van der Waals surface area contributed by atoms with Gasteiger partial charge in [-0.2, -0.15) is 0 Å². The lowest BCUT2D eigenvalue weighted by Gasteiger charge is -2.38. The van der Waals surface area contributed by atoms with E-state index in [1.807, 2.05) is 35.2 Å². The number of fused-ring (bicyclic) bond motifs is 2. The van der Waals surface area contributed by atoms with Gasteiger partial charge in [0.2, 0.25) is 6.79 Å². The normalized spacial score (nSPS) is 17.3. The van der Waals surface area contributed by atoms with Crippen molar-refractivity contribution >= 4 is 5.91 Å². The number of amides is 1. The Morgan fingerprint density at radius 1 is 1.04 bits per heavy atom. The molecule has 2 aromatic carbocycles. The van der Waals surface area contributed by atoms with Gasteiger partial charge < -0.3 is 23.7 Å². The number of hydrogen-bond acceptors (Lipinski definition) is 4. The second kappa shape index (κ2) is 6.64. The molecule has 0 bridgehead atoms. The summed E-state index contributed by atoms with van der Waals surface area (Å²) in [5.74, 6) is 2.01. The molecule has 1 unspecified atom stereocenters. The van der Waals surface area contributed by atoms with E-state index in [9.17, 15) is 4.79 Å². The van der Waals surface area contributed by atoms with Crippen molar-refractivity contribution in [2.45, 2.75) is 12.6 Å². The fourth-order valence-corrected chi connectivity index (χ4v) is 4.02. The van der Waals surface area contributed by atoms with Crippen molar-refractivity contribution in [1.82, 2.24) is 9.47 Å². The third kappa shape index (κ3) is 2.60. The second-order valence-electron chi connectivity index (χ2n) is 6.84. The van der Waals surface area contributed by atoms with Crippen molar-refractivity contribution in [1.29, 1.82) is 0 Å². The summed E-state index contributed by atoms with van der Waals surface area (Å²) in [7, 11) is 1.66. The maximum atomic E-state index is 13.5. The minimum Gasteiger partial charge on any atom is -0.496 e. The molecule has 5 rings (SSSR count). The number of benzene rings is 2. The number of para-hydroxylation sites is 1. The third-order valence-corrected chi connectivity index (χ3v) is 5.35. The Hall–Kier alpha value is -3.41. The summed E-state index contributed by atoms with van der Waals surface area (Å²) < 4.78 is 18.6. The zero-order valence-electron chi connectivity index (χ0n) is 15.5. The average Bonchev–Trinajstić information content (AvgIpc) is 3.41. The Balaban J connectivity index is 1.58. The van der Waals surface area contributed by atoms with Crippen LogP contribution in [0.5, 0.6) is 17.2 Å². The van der Waals surface area contributed by atoms with Crippen LogP contribution in [0.2, 0.25) is 0 Å². The molecule has 0 saturated carbocycles. The van der Waals surface area contributed by atoms with Crippen LogP contribution < -0.4 is 14.2 Å². The van der Waals surface area contributed by atoms with Crippen LogP contribution >= 0.6 is 0 Å². The molecule has 0 aliphatic carbocycles. The standard InChI is InChI=1S/C22H20N2O4/c1-26-18-7-3-2-5-16(18)21-17-6-4-10-23(17)11-12-24(21)22(25)15-8-9-19-20(13-15)28-14-27-19/h2-10,13,21H,11-12,14H2,1H3. The highest BCUT2D eigenvalue weighted by atomic mass is 16.7. The molecule has 3 aromatic rings.